The summed E-state index contributed by atoms with van der Waals surface area (Å²) in [6.07, 6.45) is 1.89. The van der Waals surface area contributed by atoms with Crippen molar-refractivity contribution in [2.24, 2.45) is 0 Å². The fourth-order valence-electron chi connectivity index (χ4n) is 1.66. The normalized spacial score (nSPS) is 12.2. The fraction of sp³-hybridized carbons (Fsp3) is 0.308. The number of ether oxygens (including phenoxy) is 1. The minimum absolute atomic E-state index is 0.235. The molecule has 0 aliphatic heterocycles. The first kappa shape index (κ1) is 11.9. The number of hydrogen-bond donors (Lipinski definition) is 1. The van der Waals surface area contributed by atoms with Crippen LogP contribution in [0.4, 0.5) is 5.69 Å². The van der Waals surface area contributed by atoms with E-state index in [0.29, 0.717) is 0 Å². The van der Waals surface area contributed by atoms with Gasteiger partial charge in [0.1, 0.15) is 5.75 Å². The molecule has 0 aliphatic carbocycles. The van der Waals surface area contributed by atoms with E-state index in [2.05, 4.69) is 30.2 Å². The van der Waals surface area contributed by atoms with E-state index in [4.69, 9.17) is 4.74 Å². The Balaban J connectivity index is 2.18. The van der Waals surface area contributed by atoms with Crippen LogP contribution in [0.15, 0.2) is 29.9 Å². The van der Waals surface area contributed by atoms with Gasteiger partial charge in [0, 0.05) is 11.1 Å². The molecule has 0 saturated heterocycles. The quantitative estimate of drug-likeness (QED) is 0.897. The molecule has 90 valence electrons. The van der Waals surface area contributed by atoms with Crippen molar-refractivity contribution in [2.45, 2.75) is 19.9 Å². The first-order chi connectivity index (χ1) is 8.20. The van der Waals surface area contributed by atoms with E-state index >= 15 is 0 Å². The molecule has 0 spiro atoms. The van der Waals surface area contributed by atoms with Gasteiger partial charge in [-0.3, -0.25) is 4.98 Å². The van der Waals surface area contributed by atoms with Gasteiger partial charge in [-0.25, -0.2) is 0 Å². The van der Waals surface area contributed by atoms with Crippen molar-refractivity contribution in [3.8, 4) is 5.75 Å². The number of benzene rings is 1. The maximum Gasteiger partial charge on any atom is 0.142 e. The third-order valence-electron chi connectivity index (χ3n) is 2.61. The summed E-state index contributed by atoms with van der Waals surface area (Å²) >= 11 is 1.65. The molecule has 4 heteroatoms. The smallest absolute Gasteiger partial charge is 0.142 e. The van der Waals surface area contributed by atoms with Crippen LogP contribution in [0.3, 0.4) is 0 Å². The van der Waals surface area contributed by atoms with Gasteiger partial charge < -0.3 is 10.1 Å². The summed E-state index contributed by atoms with van der Waals surface area (Å²) in [5.74, 6) is 0.876. The van der Waals surface area contributed by atoms with Crippen LogP contribution in [-0.4, -0.2) is 12.1 Å². The maximum absolute atomic E-state index is 5.37. The molecule has 0 fully saturated rings. The van der Waals surface area contributed by atoms with Gasteiger partial charge in [-0.2, -0.15) is 0 Å². The lowest BCUT2D eigenvalue weighted by Crippen LogP contribution is -2.06. The van der Waals surface area contributed by atoms with Gasteiger partial charge in [0.05, 0.1) is 24.3 Å². The van der Waals surface area contributed by atoms with Crippen LogP contribution in [0.5, 0.6) is 5.75 Å². The molecular weight excluding hydrogens is 232 g/mol. The number of nitrogens with zero attached hydrogens (tertiary/aromatic N) is 1. The van der Waals surface area contributed by atoms with Gasteiger partial charge >= 0.3 is 0 Å². The molecule has 1 aromatic carbocycles. The second-order valence-electron chi connectivity index (χ2n) is 3.97. The molecule has 1 N–H and O–H groups in total. The predicted octanol–water partition coefficient (Wildman–Crippen LogP) is 3.63. The molecule has 1 unspecified atom stereocenters. The van der Waals surface area contributed by atoms with Crippen molar-refractivity contribution in [3.05, 3.63) is 40.3 Å². The Morgan fingerprint density at radius 1 is 1.41 bits per heavy atom. The van der Waals surface area contributed by atoms with Crippen molar-refractivity contribution >= 4 is 17.0 Å². The minimum atomic E-state index is 0.235. The fourth-order valence-corrected chi connectivity index (χ4v) is 2.29. The summed E-state index contributed by atoms with van der Waals surface area (Å²) in [4.78, 5) is 5.30. The van der Waals surface area contributed by atoms with Gasteiger partial charge in [-0.05, 0) is 31.5 Å². The summed E-state index contributed by atoms with van der Waals surface area (Å²) in [6.45, 7) is 4.17. The molecular formula is C13H16N2OS. The lowest BCUT2D eigenvalue weighted by atomic mass is 10.2. The molecule has 3 nitrogen and oxygen atoms in total. The zero-order chi connectivity index (χ0) is 12.3. The SMILES string of the molecule is COc1cc(C)ccc1NC(C)c1cncs1. The third kappa shape index (κ3) is 2.77. The van der Waals surface area contributed by atoms with Crippen LogP contribution in [0.2, 0.25) is 0 Å². The number of thiazole rings is 1. The number of hydrogen-bond acceptors (Lipinski definition) is 4. The molecule has 0 amide bonds. The second-order valence-corrected chi connectivity index (χ2v) is 4.89. The summed E-state index contributed by atoms with van der Waals surface area (Å²) in [5.41, 5.74) is 4.05. The molecule has 2 rings (SSSR count). The highest BCUT2D eigenvalue weighted by Crippen LogP contribution is 2.29. The highest BCUT2D eigenvalue weighted by Gasteiger charge is 2.10. The molecule has 1 aromatic heterocycles. The lowest BCUT2D eigenvalue weighted by molar-refractivity contribution is 0.416. The number of rotatable bonds is 4. The minimum Gasteiger partial charge on any atom is -0.495 e. The molecule has 1 atom stereocenters. The largest absolute Gasteiger partial charge is 0.495 e. The zero-order valence-electron chi connectivity index (χ0n) is 10.2. The average molecular weight is 248 g/mol. The van der Waals surface area contributed by atoms with Crippen LogP contribution in [-0.2, 0) is 0 Å². The van der Waals surface area contributed by atoms with Gasteiger partial charge in [-0.1, -0.05) is 6.07 Å². The second kappa shape index (κ2) is 5.19. The standard InChI is InChI=1S/C13H16N2OS/c1-9-4-5-11(12(6-9)16-3)15-10(2)13-7-14-8-17-13/h4-8,10,15H,1-3H3. The van der Waals surface area contributed by atoms with E-state index in [0.717, 1.165) is 11.4 Å². The first-order valence-corrected chi connectivity index (χ1v) is 6.38. The highest BCUT2D eigenvalue weighted by molar-refractivity contribution is 7.09. The number of aromatic nitrogens is 1. The Labute approximate surface area is 105 Å². The number of nitrogens with one attached hydrogen (secondary N) is 1. The Morgan fingerprint density at radius 3 is 2.88 bits per heavy atom. The molecule has 2 aromatic rings. The van der Waals surface area contributed by atoms with Crippen molar-refractivity contribution in [1.29, 1.82) is 0 Å². The molecule has 17 heavy (non-hydrogen) atoms. The third-order valence-corrected chi connectivity index (χ3v) is 3.57. The van der Waals surface area contributed by atoms with Gasteiger partial charge in [-0.15, -0.1) is 11.3 Å². The predicted molar refractivity (Wildman–Crippen MR) is 71.9 cm³/mol. The van der Waals surface area contributed by atoms with Crippen LogP contribution in [0, 0.1) is 6.92 Å². The number of anilines is 1. The highest BCUT2D eigenvalue weighted by atomic mass is 32.1. The lowest BCUT2D eigenvalue weighted by Gasteiger charge is -2.16. The molecule has 0 radical (unpaired) electrons. The van der Waals surface area contributed by atoms with Gasteiger partial charge in [0.15, 0.2) is 0 Å². The first-order valence-electron chi connectivity index (χ1n) is 5.50. The van der Waals surface area contributed by atoms with Crippen LogP contribution in [0.25, 0.3) is 0 Å². The van der Waals surface area contributed by atoms with E-state index in [-0.39, 0.29) is 6.04 Å². The van der Waals surface area contributed by atoms with Crippen molar-refractivity contribution in [2.75, 3.05) is 12.4 Å². The Hall–Kier alpha value is -1.55. The van der Waals surface area contributed by atoms with E-state index < -0.39 is 0 Å². The average Bonchev–Trinajstić information content (AvgIpc) is 2.85. The Kier molecular flexibility index (Phi) is 3.64. The molecule has 0 saturated carbocycles. The van der Waals surface area contributed by atoms with E-state index in [1.165, 1.54) is 10.4 Å². The van der Waals surface area contributed by atoms with Gasteiger partial charge in [0.25, 0.3) is 0 Å². The van der Waals surface area contributed by atoms with E-state index in [1.54, 1.807) is 18.4 Å². The molecule has 0 aliphatic rings. The summed E-state index contributed by atoms with van der Waals surface area (Å²) < 4.78 is 5.37. The monoisotopic (exact) mass is 248 g/mol. The summed E-state index contributed by atoms with van der Waals surface area (Å²) in [5, 5.41) is 3.44. The molecule has 0 bridgehead atoms. The molecule has 1 heterocycles. The topological polar surface area (TPSA) is 34.1 Å². The summed E-state index contributed by atoms with van der Waals surface area (Å²) in [7, 11) is 1.69. The Bertz CT molecular complexity index is 482. The Morgan fingerprint density at radius 2 is 2.24 bits per heavy atom. The zero-order valence-corrected chi connectivity index (χ0v) is 11.0. The van der Waals surface area contributed by atoms with Gasteiger partial charge in [0.2, 0.25) is 0 Å². The van der Waals surface area contributed by atoms with E-state index in [1.807, 2.05) is 23.8 Å². The number of methoxy groups -OCH3 is 1. The van der Waals surface area contributed by atoms with Crippen LogP contribution in [0.1, 0.15) is 23.4 Å². The van der Waals surface area contributed by atoms with Crippen molar-refractivity contribution in [1.82, 2.24) is 4.98 Å². The van der Waals surface area contributed by atoms with E-state index in [9.17, 15) is 0 Å². The van der Waals surface area contributed by atoms with Crippen molar-refractivity contribution < 1.29 is 4.74 Å². The summed E-state index contributed by atoms with van der Waals surface area (Å²) in [6, 6.07) is 6.39. The van der Waals surface area contributed by atoms with Crippen LogP contribution < -0.4 is 10.1 Å². The van der Waals surface area contributed by atoms with Crippen molar-refractivity contribution in [3.63, 3.8) is 0 Å². The van der Waals surface area contributed by atoms with Crippen LogP contribution >= 0.6 is 11.3 Å². The maximum atomic E-state index is 5.37. The number of aryl methyl sites for hydroxylation is 1.